The smallest absolute Gasteiger partial charge is 0.412 e. The van der Waals surface area contributed by atoms with Crippen LogP contribution in [0.15, 0.2) is 72.8 Å². The Labute approximate surface area is 198 Å². The molecule has 1 aliphatic heterocycles. The number of nitrogens with zero attached hydrogens (tertiary/aromatic N) is 1. The zero-order valence-corrected chi connectivity index (χ0v) is 19.4. The molecule has 0 bridgehead atoms. The molecule has 0 atom stereocenters. The molecule has 7 heteroatoms. The summed E-state index contributed by atoms with van der Waals surface area (Å²) in [5.74, 6) is -0.354. The summed E-state index contributed by atoms with van der Waals surface area (Å²) in [7, 11) is 0. The van der Waals surface area contributed by atoms with E-state index in [9.17, 15) is 14.4 Å². The van der Waals surface area contributed by atoms with E-state index >= 15 is 0 Å². The van der Waals surface area contributed by atoms with Crippen LogP contribution in [0.25, 0.3) is 0 Å². The average molecular weight is 458 g/mol. The van der Waals surface area contributed by atoms with Crippen molar-refractivity contribution in [3.05, 3.63) is 89.5 Å². The second-order valence-electron chi connectivity index (χ2n) is 9.07. The van der Waals surface area contributed by atoms with E-state index in [4.69, 9.17) is 4.74 Å². The quantitative estimate of drug-likeness (QED) is 0.542. The number of carbonyl (C=O) groups is 3. The maximum absolute atomic E-state index is 12.9. The van der Waals surface area contributed by atoms with Crippen LogP contribution in [0.3, 0.4) is 0 Å². The maximum atomic E-state index is 12.9. The van der Waals surface area contributed by atoms with Gasteiger partial charge in [-0.25, -0.2) is 4.79 Å². The van der Waals surface area contributed by atoms with Gasteiger partial charge in [0.25, 0.3) is 11.8 Å². The van der Waals surface area contributed by atoms with Crippen molar-refractivity contribution in [1.29, 1.82) is 0 Å². The first-order valence-electron chi connectivity index (χ1n) is 11.1. The van der Waals surface area contributed by atoms with E-state index in [0.29, 0.717) is 29.0 Å². The van der Waals surface area contributed by atoms with Gasteiger partial charge in [0.05, 0.1) is 0 Å². The SMILES string of the molecule is CC(C)(C)OC(=O)Nc1ccc(C(=O)Nc2ccc(C(=O)N3CCc4ccccc43)cc2)cc1. The fourth-order valence-corrected chi connectivity index (χ4v) is 3.73. The second-order valence-corrected chi connectivity index (χ2v) is 9.07. The number of fused-ring (bicyclic) bond motifs is 1. The third kappa shape index (κ3) is 5.43. The lowest BCUT2D eigenvalue weighted by Gasteiger charge is -2.19. The van der Waals surface area contributed by atoms with Crippen LogP contribution in [0, 0.1) is 0 Å². The fraction of sp³-hybridized carbons (Fsp3) is 0.222. The molecule has 3 aromatic rings. The van der Waals surface area contributed by atoms with Gasteiger partial charge in [0.1, 0.15) is 5.60 Å². The van der Waals surface area contributed by atoms with Gasteiger partial charge >= 0.3 is 6.09 Å². The predicted octanol–water partition coefficient (Wildman–Crippen LogP) is 5.49. The lowest BCUT2D eigenvalue weighted by atomic mass is 10.1. The van der Waals surface area contributed by atoms with Crippen LogP contribution in [-0.2, 0) is 11.2 Å². The van der Waals surface area contributed by atoms with Gasteiger partial charge in [-0.2, -0.15) is 0 Å². The van der Waals surface area contributed by atoms with Gasteiger partial charge in [-0.3, -0.25) is 14.9 Å². The molecule has 0 unspecified atom stereocenters. The summed E-state index contributed by atoms with van der Waals surface area (Å²) >= 11 is 0. The van der Waals surface area contributed by atoms with Gasteiger partial charge in [-0.15, -0.1) is 0 Å². The second kappa shape index (κ2) is 9.39. The van der Waals surface area contributed by atoms with E-state index in [2.05, 4.69) is 10.6 Å². The van der Waals surface area contributed by atoms with Crippen molar-refractivity contribution in [2.75, 3.05) is 22.1 Å². The molecular weight excluding hydrogens is 430 g/mol. The van der Waals surface area contributed by atoms with Crippen molar-refractivity contribution < 1.29 is 19.1 Å². The molecule has 7 nitrogen and oxygen atoms in total. The number of para-hydroxylation sites is 1. The van der Waals surface area contributed by atoms with E-state index in [-0.39, 0.29) is 11.8 Å². The van der Waals surface area contributed by atoms with E-state index in [0.717, 1.165) is 12.1 Å². The van der Waals surface area contributed by atoms with Crippen LogP contribution in [0.5, 0.6) is 0 Å². The summed E-state index contributed by atoms with van der Waals surface area (Å²) in [5, 5.41) is 5.46. The summed E-state index contributed by atoms with van der Waals surface area (Å²) in [6.07, 6.45) is 0.291. The highest BCUT2D eigenvalue weighted by atomic mass is 16.6. The van der Waals surface area contributed by atoms with E-state index < -0.39 is 11.7 Å². The number of benzene rings is 3. The Morgan fingerprint density at radius 1 is 0.794 bits per heavy atom. The molecule has 0 saturated carbocycles. The summed E-state index contributed by atoms with van der Waals surface area (Å²) in [5.41, 5.74) is 3.64. The summed E-state index contributed by atoms with van der Waals surface area (Å²) in [4.78, 5) is 39.2. The molecule has 0 spiro atoms. The Balaban J connectivity index is 1.36. The molecule has 0 radical (unpaired) electrons. The average Bonchev–Trinajstić information content (AvgIpc) is 3.22. The number of hydrogen-bond acceptors (Lipinski definition) is 4. The van der Waals surface area contributed by atoms with Gasteiger partial charge < -0.3 is 15.0 Å². The van der Waals surface area contributed by atoms with Gasteiger partial charge in [0.15, 0.2) is 0 Å². The monoisotopic (exact) mass is 457 g/mol. The molecule has 0 aromatic heterocycles. The molecule has 3 aromatic carbocycles. The lowest BCUT2D eigenvalue weighted by Crippen LogP contribution is -2.28. The first-order valence-corrected chi connectivity index (χ1v) is 11.1. The van der Waals surface area contributed by atoms with Crippen molar-refractivity contribution in [3.63, 3.8) is 0 Å². The minimum atomic E-state index is -0.594. The molecule has 174 valence electrons. The van der Waals surface area contributed by atoms with Gasteiger partial charge in [-0.05, 0) is 87.4 Å². The Hall–Kier alpha value is -4.13. The summed E-state index contributed by atoms with van der Waals surface area (Å²) in [6, 6.07) is 21.3. The van der Waals surface area contributed by atoms with Crippen molar-refractivity contribution in [2.24, 2.45) is 0 Å². The molecule has 0 fully saturated rings. The standard InChI is InChI=1S/C27H27N3O4/c1-27(2,3)34-26(33)29-22-12-8-19(9-13-22)24(31)28-21-14-10-20(11-15-21)25(32)30-17-16-18-6-4-5-7-23(18)30/h4-15H,16-17H2,1-3H3,(H,28,31)(H,29,33). The van der Waals surface area contributed by atoms with Gasteiger partial charge in [0, 0.05) is 34.7 Å². The van der Waals surface area contributed by atoms with E-state index in [1.807, 2.05) is 24.3 Å². The molecule has 3 amide bonds. The molecule has 0 saturated heterocycles. The number of nitrogens with one attached hydrogen (secondary N) is 2. The van der Waals surface area contributed by atoms with Crippen LogP contribution in [-0.4, -0.2) is 30.1 Å². The Kier molecular flexibility index (Phi) is 6.36. The number of ether oxygens (including phenoxy) is 1. The maximum Gasteiger partial charge on any atom is 0.412 e. The van der Waals surface area contributed by atoms with Crippen molar-refractivity contribution in [2.45, 2.75) is 32.8 Å². The minimum absolute atomic E-state index is 0.0593. The molecule has 1 heterocycles. The highest BCUT2D eigenvalue weighted by molar-refractivity contribution is 6.08. The van der Waals surface area contributed by atoms with Gasteiger partial charge in [-0.1, -0.05) is 18.2 Å². The van der Waals surface area contributed by atoms with Crippen LogP contribution in [0.2, 0.25) is 0 Å². The highest BCUT2D eigenvalue weighted by Gasteiger charge is 2.25. The van der Waals surface area contributed by atoms with Crippen LogP contribution in [0.1, 0.15) is 47.1 Å². The number of anilines is 3. The molecule has 0 aliphatic carbocycles. The molecule has 2 N–H and O–H groups in total. The van der Waals surface area contributed by atoms with Gasteiger partial charge in [0.2, 0.25) is 0 Å². The van der Waals surface area contributed by atoms with Crippen molar-refractivity contribution in [1.82, 2.24) is 0 Å². The third-order valence-electron chi connectivity index (χ3n) is 5.31. The summed E-state index contributed by atoms with van der Waals surface area (Å²) in [6.45, 7) is 6.02. The van der Waals surface area contributed by atoms with Crippen LogP contribution >= 0.6 is 0 Å². The van der Waals surface area contributed by atoms with Crippen molar-refractivity contribution >= 4 is 35.0 Å². The number of rotatable bonds is 4. The molecular formula is C27H27N3O4. The molecule has 1 aliphatic rings. The highest BCUT2D eigenvalue weighted by Crippen LogP contribution is 2.29. The number of hydrogen-bond donors (Lipinski definition) is 2. The minimum Gasteiger partial charge on any atom is -0.444 e. The Morgan fingerprint density at radius 3 is 2.03 bits per heavy atom. The first kappa shape index (κ1) is 23.0. The first-order chi connectivity index (χ1) is 16.2. The predicted molar refractivity (Wildman–Crippen MR) is 133 cm³/mol. The van der Waals surface area contributed by atoms with E-state index in [1.165, 1.54) is 5.56 Å². The Bertz CT molecular complexity index is 1210. The van der Waals surface area contributed by atoms with E-state index in [1.54, 1.807) is 74.2 Å². The van der Waals surface area contributed by atoms with Crippen molar-refractivity contribution in [3.8, 4) is 0 Å². The number of carbonyl (C=O) groups excluding carboxylic acids is 3. The third-order valence-corrected chi connectivity index (χ3v) is 5.31. The van der Waals surface area contributed by atoms with Crippen LogP contribution < -0.4 is 15.5 Å². The zero-order valence-electron chi connectivity index (χ0n) is 19.4. The van der Waals surface area contributed by atoms with Crippen LogP contribution in [0.4, 0.5) is 21.9 Å². The lowest BCUT2D eigenvalue weighted by molar-refractivity contribution is 0.0635. The molecule has 4 rings (SSSR count). The molecule has 34 heavy (non-hydrogen) atoms. The zero-order chi connectivity index (χ0) is 24.3. The normalized spacial score (nSPS) is 12.6. The summed E-state index contributed by atoms with van der Waals surface area (Å²) < 4.78 is 5.22. The number of amides is 3. The Morgan fingerprint density at radius 2 is 1.38 bits per heavy atom. The fourth-order valence-electron chi connectivity index (χ4n) is 3.73. The largest absolute Gasteiger partial charge is 0.444 e. The topological polar surface area (TPSA) is 87.7 Å².